The van der Waals surface area contributed by atoms with Crippen LogP contribution in [0.4, 0.5) is 4.39 Å². The first-order valence-corrected chi connectivity index (χ1v) is 11.1. The zero-order chi connectivity index (χ0) is 16.9. The minimum Gasteiger partial charge on any atom is -0.544 e. The van der Waals surface area contributed by atoms with Crippen molar-refractivity contribution in [3.63, 3.8) is 0 Å². The number of carbonyl (C=O) groups excluding carboxylic acids is 1. The molecule has 0 atom stereocenters. The molecule has 0 N–H and O–H groups in total. The van der Waals surface area contributed by atoms with E-state index in [-0.39, 0.29) is 5.82 Å². The van der Waals surface area contributed by atoms with Crippen molar-refractivity contribution in [2.24, 2.45) is 0 Å². The summed E-state index contributed by atoms with van der Waals surface area (Å²) in [6.07, 6.45) is 3.01. The van der Waals surface area contributed by atoms with E-state index in [4.69, 9.17) is 4.43 Å². The van der Waals surface area contributed by atoms with Crippen LogP contribution in [0.25, 0.3) is 11.1 Å². The molecule has 0 spiro atoms. The van der Waals surface area contributed by atoms with Crippen LogP contribution in [-0.2, 0) is 0 Å². The maximum Gasteiger partial charge on any atom is 0.245 e. The summed E-state index contributed by atoms with van der Waals surface area (Å²) in [5.74, 6) is 0.451. The Morgan fingerprint density at radius 1 is 1.13 bits per heavy atom. The molecule has 0 aliphatic carbocycles. The second-order valence-electron chi connectivity index (χ2n) is 6.35. The van der Waals surface area contributed by atoms with Gasteiger partial charge in [0.05, 0.1) is 0 Å². The fourth-order valence-corrected chi connectivity index (χ4v) is 4.60. The summed E-state index contributed by atoms with van der Waals surface area (Å²) >= 11 is 0. The molecule has 0 bridgehead atoms. The molecule has 0 saturated heterocycles. The molecular weight excluding hydrogens is 307 g/mol. The number of rotatable bonds is 7. The SMILES string of the molecule is CCCC[Si](C)(C)Oc1ccc(-c2ccc(C=O)cc2F)cc1. The number of carbonyl (C=O) groups is 1. The van der Waals surface area contributed by atoms with Crippen LogP contribution in [0.2, 0.25) is 19.1 Å². The highest BCUT2D eigenvalue weighted by Gasteiger charge is 2.23. The van der Waals surface area contributed by atoms with Gasteiger partial charge in [0.25, 0.3) is 0 Å². The van der Waals surface area contributed by atoms with Crippen LogP contribution in [0.1, 0.15) is 30.1 Å². The third-order valence-corrected chi connectivity index (χ3v) is 6.17. The molecule has 0 heterocycles. The van der Waals surface area contributed by atoms with Crippen LogP contribution in [0.5, 0.6) is 5.75 Å². The summed E-state index contributed by atoms with van der Waals surface area (Å²) in [6.45, 7) is 6.62. The second kappa shape index (κ2) is 7.55. The van der Waals surface area contributed by atoms with E-state index >= 15 is 0 Å². The van der Waals surface area contributed by atoms with E-state index in [1.165, 1.54) is 18.9 Å². The van der Waals surface area contributed by atoms with Gasteiger partial charge in [0, 0.05) is 11.1 Å². The first kappa shape index (κ1) is 17.4. The molecule has 0 aliphatic heterocycles. The number of hydrogen-bond donors (Lipinski definition) is 0. The lowest BCUT2D eigenvalue weighted by atomic mass is 10.0. The molecule has 0 amide bonds. The Morgan fingerprint density at radius 2 is 1.83 bits per heavy atom. The van der Waals surface area contributed by atoms with Crippen molar-refractivity contribution >= 4 is 14.6 Å². The third kappa shape index (κ3) is 4.76. The first-order valence-electron chi connectivity index (χ1n) is 7.99. The van der Waals surface area contributed by atoms with E-state index in [0.29, 0.717) is 17.4 Å². The van der Waals surface area contributed by atoms with Crippen molar-refractivity contribution in [1.29, 1.82) is 0 Å². The second-order valence-corrected chi connectivity index (χ2v) is 10.6. The van der Waals surface area contributed by atoms with Gasteiger partial charge in [-0.1, -0.05) is 44.0 Å². The Kier molecular flexibility index (Phi) is 5.72. The van der Waals surface area contributed by atoms with Crippen LogP contribution in [-0.4, -0.2) is 14.6 Å². The van der Waals surface area contributed by atoms with Gasteiger partial charge < -0.3 is 4.43 Å². The third-order valence-electron chi connectivity index (χ3n) is 3.82. The normalized spacial score (nSPS) is 11.3. The summed E-state index contributed by atoms with van der Waals surface area (Å²) in [5, 5.41) is 0. The monoisotopic (exact) mass is 330 g/mol. The smallest absolute Gasteiger partial charge is 0.245 e. The predicted molar refractivity (Wildman–Crippen MR) is 95.0 cm³/mol. The molecule has 0 unspecified atom stereocenters. The summed E-state index contributed by atoms with van der Waals surface area (Å²) in [6, 6.07) is 13.1. The average Bonchev–Trinajstić information content (AvgIpc) is 2.53. The number of hydrogen-bond acceptors (Lipinski definition) is 2. The largest absolute Gasteiger partial charge is 0.544 e. The van der Waals surface area contributed by atoms with Gasteiger partial charge >= 0.3 is 0 Å². The quantitative estimate of drug-likeness (QED) is 0.481. The summed E-state index contributed by atoms with van der Waals surface area (Å²) in [7, 11) is -1.70. The maximum absolute atomic E-state index is 14.1. The highest BCUT2D eigenvalue weighted by molar-refractivity contribution is 6.71. The van der Waals surface area contributed by atoms with Crippen LogP contribution < -0.4 is 4.43 Å². The van der Waals surface area contributed by atoms with Crippen molar-refractivity contribution in [3.05, 3.63) is 53.8 Å². The van der Waals surface area contributed by atoms with Crippen molar-refractivity contribution in [1.82, 2.24) is 0 Å². The van der Waals surface area contributed by atoms with Gasteiger partial charge in [-0.25, -0.2) is 4.39 Å². The molecule has 4 heteroatoms. The summed E-state index contributed by atoms with van der Waals surface area (Å²) < 4.78 is 20.2. The van der Waals surface area contributed by atoms with Crippen molar-refractivity contribution in [3.8, 4) is 16.9 Å². The van der Waals surface area contributed by atoms with Gasteiger partial charge in [-0.15, -0.1) is 0 Å². The van der Waals surface area contributed by atoms with E-state index in [2.05, 4.69) is 20.0 Å². The average molecular weight is 330 g/mol. The fraction of sp³-hybridized carbons (Fsp3) is 0.316. The minimum atomic E-state index is -1.70. The van der Waals surface area contributed by atoms with Crippen molar-refractivity contribution in [2.75, 3.05) is 0 Å². The van der Waals surface area contributed by atoms with E-state index in [9.17, 15) is 9.18 Å². The molecule has 0 fully saturated rings. The molecule has 0 aromatic heterocycles. The van der Waals surface area contributed by atoms with E-state index in [1.54, 1.807) is 12.1 Å². The van der Waals surface area contributed by atoms with Crippen LogP contribution in [0, 0.1) is 5.82 Å². The fourth-order valence-electron chi connectivity index (χ4n) is 2.51. The lowest BCUT2D eigenvalue weighted by molar-refractivity contribution is 0.112. The lowest BCUT2D eigenvalue weighted by Gasteiger charge is -2.24. The summed E-state index contributed by atoms with van der Waals surface area (Å²) in [4.78, 5) is 10.7. The van der Waals surface area contributed by atoms with Crippen LogP contribution in [0.15, 0.2) is 42.5 Å². The molecular formula is C19H23FO2Si. The Balaban J connectivity index is 2.15. The van der Waals surface area contributed by atoms with Crippen LogP contribution >= 0.6 is 0 Å². The molecule has 2 nitrogen and oxygen atoms in total. The van der Waals surface area contributed by atoms with Gasteiger partial charge in [-0.2, -0.15) is 0 Å². The molecule has 2 aromatic carbocycles. The van der Waals surface area contributed by atoms with Gasteiger partial charge in [0.1, 0.15) is 17.9 Å². The Labute approximate surface area is 138 Å². The van der Waals surface area contributed by atoms with Crippen molar-refractivity contribution < 1.29 is 13.6 Å². The van der Waals surface area contributed by atoms with Crippen molar-refractivity contribution in [2.45, 2.75) is 38.9 Å². The van der Waals surface area contributed by atoms with Gasteiger partial charge in [-0.3, -0.25) is 4.79 Å². The molecule has 0 radical (unpaired) electrons. The number of aldehydes is 1. The molecule has 122 valence electrons. The molecule has 0 aliphatic rings. The Bertz CT molecular complexity index is 666. The highest BCUT2D eigenvalue weighted by Crippen LogP contribution is 2.27. The molecule has 2 aromatic rings. The predicted octanol–water partition coefficient (Wildman–Crippen LogP) is 5.69. The summed E-state index contributed by atoms with van der Waals surface area (Å²) in [5.41, 5.74) is 1.61. The maximum atomic E-state index is 14.1. The van der Waals surface area contributed by atoms with Gasteiger partial charge in [-0.05, 0) is 42.9 Å². The Hall–Kier alpha value is -1.94. The standard InChI is InChI=1S/C19H23FO2Si/c1-4-5-12-23(2,3)22-17-9-7-16(8-10-17)18-11-6-15(14-21)13-19(18)20/h6-11,13-14H,4-5,12H2,1-3H3. The lowest BCUT2D eigenvalue weighted by Crippen LogP contribution is -2.33. The van der Waals surface area contributed by atoms with E-state index < -0.39 is 8.32 Å². The molecule has 23 heavy (non-hydrogen) atoms. The van der Waals surface area contributed by atoms with E-state index in [1.807, 2.05) is 24.3 Å². The van der Waals surface area contributed by atoms with Gasteiger partial charge in [0.2, 0.25) is 8.32 Å². The van der Waals surface area contributed by atoms with E-state index in [0.717, 1.165) is 17.4 Å². The number of benzene rings is 2. The zero-order valence-electron chi connectivity index (χ0n) is 13.9. The minimum absolute atomic E-state index is 0.342. The first-order chi connectivity index (χ1) is 10.9. The Morgan fingerprint density at radius 3 is 2.39 bits per heavy atom. The number of unbranched alkanes of at least 4 members (excludes halogenated alkanes) is 1. The van der Waals surface area contributed by atoms with Gasteiger partial charge in [0.15, 0.2) is 0 Å². The molecule has 2 rings (SSSR count). The zero-order valence-corrected chi connectivity index (χ0v) is 14.9. The molecule has 0 saturated carbocycles. The topological polar surface area (TPSA) is 26.3 Å². The van der Waals surface area contributed by atoms with Crippen LogP contribution in [0.3, 0.4) is 0 Å². The number of halogens is 1. The highest BCUT2D eigenvalue weighted by atomic mass is 28.4.